The lowest BCUT2D eigenvalue weighted by Crippen LogP contribution is -2.39. The summed E-state index contributed by atoms with van der Waals surface area (Å²) in [4.78, 5) is 5.52. The largest absolute Gasteiger partial charge is 0.406 e. The van der Waals surface area contributed by atoms with Crippen LogP contribution in [-0.2, 0) is 0 Å². The molecule has 1 saturated heterocycles. The van der Waals surface area contributed by atoms with Crippen molar-refractivity contribution in [2.45, 2.75) is 6.42 Å². The van der Waals surface area contributed by atoms with Gasteiger partial charge in [0.15, 0.2) is 0 Å². The highest BCUT2D eigenvalue weighted by Gasteiger charge is 2.14. The van der Waals surface area contributed by atoms with Crippen LogP contribution in [0.2, 0.25) is 0 Å². The van der Waals surface area contributed by atoms with Crippen molar-refractivity contribution in [3.8, 4) is 5.75 Å². The third kappa shape index (κ3) is 1.79. The van der Waals surface area contributed by atoms with Gasteiger partial charge in [-0.2, -0.15) is 0 Å². The van der Waals surface area contributed by atoms with E-state index in [1.54, 1.807) is 0 Å². The van der Waals surface area contributed by atoms with Crippen molar-refractivity contribution in [3.63, 3.8) is 0 Å². The molecule has 0 saturated carbocycles. The normalized spacial score (nSPS) is 17.1. The number of hydroxylamine groups is 2. The summed E-state index contributed by atoms with van der Waals surface area (Å²) in [6.45, 7) is 2.10. The molecule has 0 N–H and O–H groups in total. The molecule has 0 aliphatic carbocycles. The van der Waals surface area contributed by atoms with Crippen LogP contribution < -0.4 is 4.84 Å². The second-order valence-electron chi connectivity index (χ2n) is 2.83. The third-order valence-corrected chi connectivity index (χ3v) is 2.39. The maximum absolute atomic E-state index is 5.52. The first kappa shape index (κ1) is 8.08. The Balaban J connectivity index is 1.98. The molecule has 0 atom stereocenters. The number of benzene rings is 1. The number of hydrogen-bond donors (Lipinski definition) is 0. The summed E-state index contributed by atoms with van der Waals surface area (Å²) in [6.07, 6.45) is 1.25. The molecule has 12 heavy (non-hydrogen) atoms. The first-order valence-electron chi connectivity index (χ1n) is 4.03. The lowest BCUT2D eigenvalue weighted by atomic mass is 10.3. The van der Waals surface area contributed by atoms with Crippen LogP contribution in [0.3, 0.4) is 0 Å². The Labute approximate surface area is 80.2 Å². The Morgan fingerprint density at radius 1 is 1.17 bits per heavy atom. The molecule has 1 aromatic carbocycles. The molecule has 3 heteroatoms. The zero-order valence-electron chi connectivity index (χ0n) is 6.66. The molecular weight excluding hydrogens is 218 g/mol. The quantitative estimate of drug-likeness (QED) is 0.770. The summed E-state index contributed by atoms with van der Waals surface area (Å²) in [5, 5.41) is 1.96. The van der Waals surface area contributed by atoms with Crippen LogP contribution in [-0.4, -0.2) is 18.2 Å². The molecule has 1 heterocycles. The van der Waals surface area contributed by atoms with Crippen molar-refractivity contribution in [2.24, 2.45) is 0 Å². The van der Waals surface area contributed by atoms with Crippen molar-refractivity contribution in [1.29, 1.82) is 0 Å². The van der Waals surface area contributed by atoms with Crippen LogP contribution in [0, 0.1) is 0 Å². The highest BCUT2D eigenvalue weighted by Crippen LogP contribution is 2.18. The molecule has 1 aromatic rings. The van der Waals surface area contributed by atoms with Gasteiger partial charge in [0.1, 0.15) is 5.75 Å². The monoisotopic (exact) mass is 227 g/mol. The van der Waals surface area contributed by atoms with Gasteiger partial charge in [0.05, 0.1) is 0 Å². The Morgan fingerprint density at radius 3 is 2.33 bits per heavy atom. The smallest absolute Gasteiger partial charge is 0.147 e. The van der Waals surface area contributed by atoms with Crippen molar-refractivity contribution < 1.29 is 4.84 Å². The molecule has 2 rings (SSSR count). The lowest BCUT2D eigenvalue weighted by Gasteiger charge is -2.29. The van der Waals surface area contributed by atoms with Crippen molar-refractivity contribution in [2.75, 3.05) is 13.1 Å². The molecule has 1 fully saturated rings. The molecule has 2 nitrogen and oxygen atoms in total. The van der Waals surface area contributed by atoms with Crippen molar-refractivity contribution in [3.05, 3.63) is 28.7 Å². The van der Waals surface area contributed by atoms with Gasteiger partial charge in [0.2, 0.25) is 0 Å². The van der Waals surface area contributed by atoms with E-state index in [2.05, 4.69) is 15.9 Å². The van der Waals surface area contributed by atoms with E-state index in [1.165, 1.54) is 6.42 Å². The molecule has 0 aromatic heterocycles. The highest BCUT2D eigenvalue weighted by atomic mass is 79.9. The number of hydrogen-bond acceptors (Lipinski definition) is 2. The van der Waals surface area contributed by atoms with Gasteiger partial charge >= 0.3 is 0 Å². The van der Waals surface area contributed by atoms with Gasteiger partial charge in [-0.25, -0.2) is 0 Å². The second-order valence-corrected chi connectivity index (χ2v) is 3.74. The van der Waals surface area contributed by atoms with Gasteiger partial charge in [-0.05, 0) is 30.7 Å². The fraction of sp³-hybridized carbons (Fsp3) is 0.333. The standard InChI is InChI=1S/C9H10BrNO/c10-8-2-4-9(5-3-8)12-11-6-1-7-11/h2-5H,1,6-7H2. The predicted molar refractivity (Wildman–Crippen MR) is 51.0 cm³/mol. The van der Waals surface area contributed by atoms with Gasteiger partial charge in [-0.3, -0.25) is 0 Å². The van der Waals surface area contributed by atoms with Gasteiger partial charge in [0.25, 0.3) is 0 Å². The molecule has 0 amide bonds. The first-order chi connectivity index (χ1) is 5.84. The van der Waals surface area contributed by atoms with E-state index in [4.69, 9.17) is 4.84 Å². The van der Waals surface area contributed by atoms with Gasteiger partial charge in [-0.15, -0.1) is 5.06 Å². The van der Waals surface area contributed by atoms with E-state index in [0.717, 1.165) is 23.3 Å². The average Bonchev–Trinajstić information content (AvgIpc) is 2.00. The first-order valence-corrected chi connectivity index (χ1v) is 4.82. The minimum Gasteiger partial charge on any atom is -0.406 e. The average molecular weight is 228 g/mol. The van der Waals surface area contributed by atoms with Gasteiger partial charge in [-0.1, -0.05) is 15.9 Å². The van der Waals surface area contributed by atoms with E-state index >= 15 is 0 Å². The van der Waals surface area contributed by atoms with Crippen LogP contribution in [0.25, 0.3) is 0 Å². The number of halogens is 1. The van der Waals surface area contributed by atoms with Gasteiger partial charge in [0, 0.05) is 17.6 Å². The summed E-state index contributed by atoms with van der Waals surface area (Å²) < 4.78 is 1.08. The minimum absolute atomic E-state index is 0.915. The van der Waals surface area contributed by atoms with E-state index in [1.807, 2.05) is 29.3 Å². The number of rotatable bonds is 2. The van der Waals surface area contributed by atoms with Crippen LogP contribution in [0.1, 0.15) is 6.42 Å². The molecule has 64 valence electrons. The molecule has 1 aliphatic rings. The topological polar surface area (TPSA) is 12.5 Å². The summed E-state index contributed by atoms with van der Waals surface area (Å²) in [6, 6.07) is 7.88. The Bertz CT molecular complexity index is 256. The highest BCUT2D eigenvalue weighted by molar-refractivity contribution is 9.10. The van der Waals surface area contributed by atoms with Crippen molar-refractivity contribution >= 4 is 15.9 Å². The summed E-state index contributed by atoms with van der Waals surface area (Å²) in [5.74, 6) is 0.915. The maximum atomic E-state index is 5.52. The summed E-state index contributed by atoms with van der Waals surface area (Å²) in [7, 11) is 0. The van der Waals surface area contributed by atoms with E-state index in [-0.39, 0.29) is 0 Å². The second kappa shape index (κ2) is 3.46. The molecule has 0 unspecified atom stereocenters. The fourth-order valence-electron chi connectivity index (χ4n) is 1.02. The van der Waals surface area contributed by atoms with Crippen LogP contribution in [0.4, 0.5) is 0 Å². The van der Waals surface area contributed by atoms with E-state index in [9.17, 15) is 0 Å². The summed E-state index contributed by atoms with van der Waals surface area (Å²) >= 11 is 3.37. The molecule has 0 radical (unpaired) electrons. The van der Waals surface area contributed by atoms with Crippen LogP contribution in [0.5, 0.6) is 5.75 Å². The minimum atomic E-state index is 0.915. The lowest BCUT2D eigenvalue weighted by molar-refractivity contribution is -0.107. The zero-order valence-corrected chi connectivity index (χ0v) is 8.25. The fourth-order valence-corrected chi connectivity index (χ4v) is 1.29. The van der Waals surface area contributed by atoms with Crippen LogP contribution >= 0.6 is 15.9 Å². The van der Waals surface area contributed by atoms with E-state index in [0.29, 0.717) is 0 Å². The molecule has 1 aliphatic heterocycles. The predicted octanol–water partition coefficient (Wildman–Crippen LogP) is 2.45. The molecular formula is C9H10BrNO. The molecule has 0 bridgehead atoms. The van der Waals surface area contributed by atoms with Crippen LogP contribution in [0.15, 0.2) is 28.7 Å². The summed E-state index contributed by atoms with van der Waals surface area (Å²) in [5.41, 5.74) is 0. The SMILES string of the molecule is Brc1ccc(ON2CCC2)cc1. The zero-order chi connectivity index (χ0) is 8.39. The maximum Gasteiger partial charge on any atom is 0.147 e. The Hall–Kier alpha value is -0.540. The number of nitrogens with zero attached hydrogens (tertiary/aromatic N) is 1. The Kier molecular flexibility index (Phi) is 2.33. The third-order valence-electron chi connectivity index (χ3n) is 1.86. The van der Waals surface area contributed by atoms with E-state index < -0.39 is 0 Å². The van der Waals surface area contributed by atoms with Gasteiger partial charge < -0.3 is 4.84 Å². The Morgan fingerprint density at radius 2 is 1.83 bits per heavy atom. The molecule has 0 spiro atoms. The van der Waals surface area contributed by atoms with Crippen molar-refractivity contribution in [1.82, 2.24) is 5.06 Å².